The molecule has 1 N–H and O–H groups in total. The molecule has 5 heteroatoms. The van der Waals surface area contributed by atoms with Crippen molar-refractivity contribution < 1.29 is 5.11 Å². The zero-order chi connectivity index (χ0) is 23.6. The first-order valence-corrected chi connectivity index (χ1v) is 12.2. The zero-order valence-electron chi connectivity index (χ0n) is 20.5. The predicted octanol–water partition coefficient (Wildman–Crippen LogP) is 6.84. The molecule has 0 aromatic heterocycles. The van der Waals surface area contributed by atoms with Gasteiger partial charge in [-0.25, -0.2) is 0 Å². The molecule has 0 spiro atoms. The minimum absolute atomic E-state index is 0.188. The number of benzene rings is 2. The van der Waals surface area contributed by atoms with Crippen molar-refractivity contribution in [1.82, 2.24) is 0 Å². The van der Waals surface area contributed by atoms with E-state index in [0.29, 0.717) is 17.0 Å². The van der Waals surface area contributed by atoms with E-state index in [2.05, 4.69) is 93.5 Å². The molecule has 0 fully saturated rings. The summed E-state index contributed by atoms with van der Waals surface area (Å²) in [6.45, 7) is 16.3. The van der Waals surface area contributed by atoms with Crippen molar-refractivity contribution in [3.8, 4) is 5.75 Å². The molecule has 1 aliphatic rings. The number of aromatic hydroxyl groups is 1. The number of hydrogen-bond acceptors (Lipinski definition) is 4. The fraction of sp³-hybridized carbons (Fsp3) is 0.481. The minimum atomic E-state index is -0.188. The van der Waals surface area contributed by atoms with Gasteiger partial charge in [0.25, 0.3) is 0 Å². The molecule has 1 unspecified atom stereocenters. The lowest BCUT2D eigenvalue weighted by molar-refractivity contribution is 0.473. The first-order chi connectivity index (χ1) is 15.2. The van der Waals surface area contributed by atoms with Crippen LogP contribution >= 0.6 is 12.6 Å². The van der Waals surface area contributed by atoms with Gasteiger partial charge in [-0.1, -0.05) is 39.8 Å². The van der Waals surface area contributed by atoms with Crippen LogP contribution in [-0.4, -0.2) is 28.4 Å². The number of phenols is 1. The van der Waals surface area contributed by atoms with Gasteiger partial charge < -0.3 is 10.0 Å². The molecule has 1 aliphatic heterocycles. The summed E-state index contributed by atoms with van der Waals surface area (Å²) in [5.41, 5.74) is 7.52. The topological polar surface area (TPSA) is 48.2 Å². The van der Waals surface area contributed by atoms with Gasteiger partial charge in [-0.05, 0) is 80.0 Å². The van der Waals surface area contributed by atoms with Crippen LogP contribution in [0, 0.1) is 6.92 Å². The summed E-state index contributed by atoms with van der Waals surface area (Å²) in [6.07, 6.45) is 2.07. The lowest BCUT2D eigenvalue weighted by atomic mass is 9.86. The van der Waals surface area contributed by atoms with Gasteiger partial charge in [-0.3, -0.25) is 0 Å². The van der Waals surface area contributed by atoms with Crippen molar-refractivity contribution in [1.29, 1.82) is 0 Å². The Balaban J connectivity index is 2.11. The molecular weight excluding hydrogens is 414 g/mol. The molecule has 0 aliphatic carbocycles. The first kappa shape index (κ1) is 24.4. The van der Waals surface area contributed by atoms with Crippen molar-refractivity contribution in [3.05, 3.63) is 58.1 Å². The van der Waals surface area contributed by atoms with Crippen LogP contribution in [-0.2, 0) is 6.42 Å². The number of anilines is 1. The molecule has 0 saturated carbocycles. The van der Waals surface area contributed by atoms with E-state index in [4.69, 9.17) is 0 Å². The van der Waals surface area contributed by atoms with Crippen LogP contribution in [0.5, 0.6) is 5.75 Å². The number of hydrogen-bond donors (Lipinski definition) is 2. The second kappa shape index (κ2) is 10.1. The fourth-order valence-electron chi connectivity index (χ4n) is 4.62. The molecule has 1 atom stereocenters. The second-order valence-corrected chi connectivity index (χ2v) is 9.74. The number of thiol groups is 1. The number of nitrogens with zero attached hydrogens (tertiary/aromatic N) is 3. The Kier molecular flexibility index (Phi) is 7.71. The SMILES string of the molecule is CCCN(c1cc(C2C(S)=NN=C2c2cc(C(C)C)c(C)cc2O)ccc1CC)C(C)C. The van der Waals surface area contributed by atoms with E-state index in [0.717, 1.165) is 41.8 Å². The first-order valence-electron chi connectivity index (χ1n) is 11.8. The van der Waals surface area contributed by atoms with Crippen LogP contribution < -0.4 is 4.90 Å². The maximum atomic E-state index is 10.8. The Labute approximate surface area is 198 Å². The van der Waals surface area contributed by atoms with Crippen LogP contribution in [0.15, 0.2) is 40.5 Å². The van der Waals surface area contributed by atoms with Crippen molar-refractivity contribution in [2.24, 2.45) is 10.2 Å². The monoisotopic (exact) mass is 451 g/mol. The van der Waals surface area contributed by atoms with E-state index in [1.54, 1.807) is 0 Å². The zero-order valence-corrected chi connectivity index (χ0v) is 21.4. The average molecular weight is 452 g/mol. The highest BCUT2D eigenvalue weighted by Crippen LogP contribution is 2.37. The highest BCUT2D eigenvalue weighted by Gasteiger charge is 2.31. The van der Waals surface area contributed by atoms with Crippen molar-refractivity contribution in [2.75, 3.05) is 11.4 Å². The second-order valence-electron chi connectivity index (χ2n) is 9.29. The normalized spacial score (nSPS) is 16.0. The van der Waals surface area contributed by atoms with E-state index >= 15 is 0 Å². The Bertz CT molecular complexity index is 1040. The third kappa shape index (κ3) is 4.73. The summed E-state index contributed by atoms with van der Waals surface area (Å²) in [4.78, 5) is 2.48. The minimum Gasteiger partial charge on any atom is -0.507 e. The van der Waals surface area contributed by atoms with Crippen LogP contribution in [0.1, 0.15) is 87.6 Å². The molecule has 172 valence electrons. The molecule has 4 nitrogen and oxygen atoms in total. The predicted molar refractivity (Wildman–Crippen MR) is 141 cm³/mol. The largest absolute Gasteiger partial charge is 0.507 e. The van der Waals surface area contributed by atoms with Gasteiger partial charge in [0.2, 0.25) is 0 Å². The van der Waals surface area contributed by atoms with Crippen LogP contribution in [0.4, 0.5) is 5.69 Å². The standard InChI is InChI=1S/C27H37N3OS/c1-8-12-30(17(5)6)23-14-20(11-10-19(23)9-2)25-26(28-29-27(25)32)22-15-21(16(3)4)18(7)13-24(22)31/h10-11,13-17,25,31H,8-9,12H2,1-7H3,(H,29,32). The van der Waals surface area contributed by atoms with Crippen molar-refractivity contribution in [2.45, 2.75) is 79.2 Å². The molecule has 0 radical (unpaired) electrons. The summed E-state index contributed by atoms with van der Waals surface area (Å²) in [5.74, 6) is 0.414. The highest BCUT2D eigenvalue weighted by atomic mass is 32.1. The lowest BCUT2D eigenvalue weighted by Crippen LogP contribution is -2.32. The summed E-state index contributed by atoms with van der Waals surface area (Å²) < 4.78 is 0. The average Bonchev–Trinajstić information content (AvgIpc) is 3.12. The molecule has 3 rings (SSSR count). The van der Waals surface area contributed by atoms with Gasteiger partial charge in [-0.2, -0.15) is 5.10 Å². The van der Waals surface area contributed by atoms with E-state index in [1.807, 2.05) is 13.0 Å². The van der Waals surface area contributed by atoms with E-state index < -0.39 is 0 Å². The molecule has 2 aromatic rings. The Morgan fingerprint density at radius 2 is 1.78 bits per heavy atom. The lowest BCUT2D eigenvalue weighted by Gasteiger charge is -2.31. The third-order valence-electron chi connectivity index (χ3n) is 6.30. The fourth-order valence-corrected chi connectivity index (χ4v) is 4.94. The molecule has 0 bridgehead atoms. The molecule has 2 aromatic carbocycles. The Hall–Kier alpha value is -2.27. The van der Waals surface area contributed by atoms with Crippen LogP contribution in [0.3, 0.4) is 0 Å². The molecular formula is C27H37N3OS. The summed E-state index contributed by atoms with van der Waals surface area (Å²) in [5, 5.41) is 20.3. The van der Waals surface area contributed by atoms with Gasteiger partial charge >= 0.3 is 0 Å². The smallest absolute Gasteiger partial charge is 0.125 e. The van der Waals surface area contributed by atoms with Crippen molar-refractivity contribution in [3.63, 3.8) is 0 Å². The van der Waals surface area contributed by atoms with Crippen LogP contribution in [0.2, 0.25) is 0 Å². The molecule has 0 amide bonds. The number of aryl methyl sites for hydroxylation is 2. The molecule has 32 heavy (non-hydrogen) atoms. The van der Waals surface area contributed by atoms with E-state index in [1.165, 1.54) is 16.8 Å². The van der Waals surface area contributed by atoms with Crippen LogP contribution in [0.25, 0.3) is 0 Å². The summed E-state index contributed by atoms with van der Waals surface area (Å²) in [6, 6.07) is 11.0. The number of rotatable bonds is 8. The summed E-state index contributed by atoms with van der Waals surface area (Å²) >= 11 is 4.69. The van der Waals surface area contributed by atoms with Gasteiger partial charge in [0.1, 0.15) is 10.8 Å². The highest BCUT2D eigenvalue weighted by molar-refractivity contribution is 7.97. The molecule has 0 saturated heterocycles. The van der Waals surface area contributed by atoms with Gasteiger partial charge in [-0.15, -0.1) is 17.7 Å². The Morgan fingerprint density at radius 1 is 1.06 bits per heavy atom. The maximum absolute atomic E-state index is 10.8. The van der Waals surface area contributed by atoms with Gasteiger partial charge in [0, 0.05) is 23.8 Å². The number of phenolic OH excluding ortho intramolecular Hbond substituents is 1. The van der Waals surface area contributed by atoms with E-state index in [-0.39, 0.29) is 11.7 Å². The Morgan fingerprint density at radius 3 is 2.38 bits per heavy atom. The van der Waals surface area contributed by atoms with E-state index in [9.17, 15) is 5.11 Å². The maximum Gasteiger partial charge on any atom is 0.125 e. The molecule has 1 heterocycles. The van der Waals surface area contributed by atoms with Gasteiger partial charge in [0.15, 0.2) is 0 Å². The van der Waals surface area contributed by atoms with Crippen molar-refractivity contribution >= 4 is 29.1 Å². The third-order valence-corrected chi connectivity index (χ3v) is 6.64. The van der Waals surface area contributed by atoms with Gasteiger partial charge in [0.05, 0.1) is 11.6 Å². The summed E-state index contributed by atoms with van der Waals surface area (Å²) in [7, 11) is 0. The quantitative estimate of drug-likeness (QED) is 0.432.